The predicted molar refractivity (Wildman–Crippen MR) is 40.0 cm³/mol. The molecule has 1 fully saturated rings. The average Bonchev–Trinajstić information content (AvgIpc) is 2.50. The summed E-state index contributed by atoms with van der Waals surface area (Å²) in [6.45, 7) is 2.29. The summed E-state index contributed by atoms with van der Waals surface area (Å²) in [4.78, 5) is 23.1. The zero-order valence-electron chi connectivity index (χ0n) is 7.08. The van der Waals surface area contributed by atoms with Gasteiger partial charge in [-0.15, -0.1) is 0 Å². The van der Waals surface area contributed by atoms with Gasteiger partial charge in [-0.2, -0.15) is 0 Å². The van der Waals surface area contributed by atoms with Crippen molar-refractivity contribution < 1.29 is 14.7 Å². The van der Waals surface area contributed by atoms with Crippen LogP contribution in [0.4, 0.5) is 0 Å². The van der Waals surface area contributed by atoms with E-state index in [1.807, 2.05) is 0 Å². The van der Waals surface area contributed by atoms with E-state index < -0.39 is 12.0 Å². The van der Waals surface area contributed by atoms with Gasteiger partial charge in [0.25, 0.3) is 0 Å². The molecule has 1 aliphatic heterocycles. The molecule has 0 aromatic carbocycles. The number of hydrogen-bond donors (Lipinski definition) is 0. The van der Waals surface area contributed by atoms with E-state index in [9.17, 15) is 14.7 Å². The monoisotopic (exact) mass is 170 g/mol. The van der Waals surface area contributed by atoms with Gasteiger partial charge in [-0.05, 0) is 12.8 Å². The van der Waals surface area contributed by atoms with Gasteiger partial charge < -0.3 is 14.8 Å². The summed E-state index contributed by atoms with van der Waals surface area (Å²) in [5.74, 6) is -1.23. The Balaban J connectivity index is 2.63. The molecule has 0 radical (unpaired) electrons. The number of rotatable bonds is 2. The highest BCUT2D eigenvalue weighted by molar-refractivity contribution is 5.83. The van der Waals surface area contributed by atoms with E-state index in [4.69, 9.17) is 0 Å². The van der Waals surface area contributed by atoms with E-state index in [0.717, 1.165) is 6.42 Å². The van der Waals surface area contributed by atoms with E-state index in [1.165, 1.54) is 4.90 Å². The molecule has 0 unspecified atom stereocenters. The molecule has 1 saturated heterocycles. The van der Waals surface area contributed by atoms with Gasteiger partial charge in [-0.25, -0.2) is 0 Å². The third-order valence-corrected chi connectivity index (χ3v) is 2.15. The van der Waals surface area contributed by atoms with Crippen molar-refractivity contribution in [2.75, 3.05) is 6.54 Å². The Kier molecular flexibility index (Phi) is 2.68. The third kappa shape index (κ3) is 1.57. The molecule has 4 heteroatoms. The lowest BCUT2D eigenvalue weighted by molar-refractivity contribution is -0.310. The summed E-state index contributed by atoms with van der Waals surface area (Å²) < 4.78 is 0. The van der Waals surface area contributed by atoms with Crippen molar-refractivity contribution in [1.29, 1.82) is 0 Å². The molecule has 68 valence electrons. The van der Waals surface area contributed by atoms with Crippen LogP contribution in [-0.4, -0.2) is 29.4 Å². The number of amides is 1. The Morgan fingerprint density at radius 1 is 1.58 bits per heavy atom. The van der Waals surface area contributed by atoms with Gasteiger partial charge in [0, 0.05) is 13.0 Å². The van der Waals surface area contributed by atoms with Gasteiger partial charge in [0.1, 0.15) is 0 Å². The van der Waals surface area contributed by atoms with Crippen LogP contribution < -0.4 is 5.11 Å². The first-order valence-electron chi connectivity index (χ1n) is 4.17. The van der Waals surface area contributed by atoms with Crippen molar-refractivity contribution in [3.05, 3.63) is 0 Å². The minimum absolute atomic E-state index is 0.0956. The molecule has 1 amide bonds. The second-order valence-corrected chi connectivity index (χ2v) is 2.92. The van der Waals surface area contributed by atoms with Crippen LogP contribution in [0.25, 0.3) is 0 Å². The molecule has 1 heterocycles. The van der Waals surface area contributed by atoms with Crippen LogP contribution in [0.5, 0.6) is 0 Å². The minimum atomic E-state index is -1.13. The number of nitrogens with zero attached hydrogens (tertiary/aromatic N) is 1. The van der Waals surface area contributed by atoms with Gasteiger partial charge >= 0.3 is 0 Å². The summed E-state index contributed by atoms with van der Waals surface area (Å²) in [6, 6.07) is -0.683. The maximum atomic E-state index is 11.2. The highest BCUT2D eigenvalue weighted by Crippen LogP contribution is 2.17. The molecule has 0 aromatic heterocycles. The summed E-state index contributed by atoms with van der Waals surface area (Å²) in [7, 11) is 0. The predicted octanol–water partition coefficient (Wildman–Crippen LogP) is -0.863. The maximum Gasteiger partial charge on any atom is 0.222 e. The molecule has 1 atom stereocenters. The molecule has 4 nitrogen and oxygen atoms in total. The highest BCUT2D eigenvalue weighted by Gasteiger charge is 2.28. The number of aliphatic carboxylic acids is 1. The van der Waals surface area contributed by atoms with Crippen molar-refractivity contribution >= 4 is 11.9 Å². The Labute approximate surface area is 71.2 Å². The number of carbonyl (C=O) groups is 2. The molecular formula is C8H12NO3-. The van der Waals surface area contributed by atoms with Crippen LogP contribution in [0.1, 0.15) is 26.2 Å². The topological polar surface area (TPSA) is 60.4 Å². The van der Waals surface area contributed by atoms with Crippen LogP contribution in [-0.2, 0) is 9.59 Å². The number of hydrogen-bond acceptors (Lipinski definition) is 3. The minimum Gasteiger partial charge on any atom is -0.548 e. The summed E-state index contributed by atoms with van der Waals surface area (Å²) in [5.41, 5.74) is 0. The fourth-order valence-corrected chi connectivity index (χ4v) is 1.51. The van der Waals surface area contributed by atoms with Crippen molar-refractivity contribution in [3.8, 4) is 0 Å². The fraction of sp³-hybridized carbons (Fsp3) is 0.750. The molecule has 0 spiro atoms. The average molecular weight is 170 g/mol. The van der Waals surface area contributed by atoms with E-state index in [0.29, 0.717) is 19.4 Å². The van der Waals surface area contributed by atoms with Gasteiger partial charge in [0.15, 0.2) is 0 Å². The van der Waals surface area contributed by atoms with Crippen molar-refractivity contribution in [1.82, 2.24) is 4.90 Å². The second kappa shape index (κ2) is 3.56. The van der Waals surface area contributed by atoms with Gasteiger partial charge in [0.05, 0.1) is 12.0 Å². The molecular weight excluding hydrogens is 158 g/mol. The Morgan fingerprint density at radius 2 is 2.25 bits per heavy atom. The van der Waals surface area contributed by atoms with Crippen molar-refractivity contribution in [2.45, 2.75) is 32.2 Å². The smallest absolute Gasteiger partial charge is 0.222 e. The zero-order chi connectivity index (χ0) is 9.14. The second-order valence-electron chi connectivity index (χ2n) is 2.92. The quantitative estimate of drug-likeness (QED) is 0.541. The highest BCUT2D eigenvalue weighted by atomic mass is 16.4. The van der Waals surface area contributed by atoms with E-state index in [1.54, 1.807) is 6.92 Å². The summed E-state index contributed by atoms with van der Waals surface area (Å²) in [6.07, 6.45) is 1.67. The largest absolute Gasteiger partial charge is 0.548 e. The van der Waals surface area contributed by atoms with Crippen LogP contribution in [0, 0.1) is 0 Å². The molecule has 0 bridgehead atoms. The normalized spacial score (nSPS) is 22.8. The number of likely N-dealkylation sites (tertiary alicyclic amines) is 1. The Morgan fingerprint density at radius 3 is 2.75 bits per heavy atom. The first-order chi connectivity index (χ1) is 5.66. The lowest BCUT2D eigenvalue weighted by atomic mass is 10.2. The van der Waals surface area contributed by atoms with Crippen LogP contribution >= 0.6 is 0 Å². The fourth-order valence-electron chi connectivity index (χ4n) is 1.51. The molecule has 0 saturated carbocycles. The van der Waals surface area contributed by atoms with Gasteiger partial charge in [-0.1, -0.05) is 6.92 Å². The SMILES string of the molecule is CCC(=O)N1CCC[C@H]1C(=O)[O-]. The Hall–Kier alpha value is -1.06. The lowest BCUT2D eigenvalue weighted by Crippen LogP contribution is -2.46. The molecule has 12 heavy (non-hydrogen) atoms. The summed E-state index contributed by atoms with van der Waals surface area (Å²) >= 11 is 0. The van der Waals surface area contributed by atoms with Crippen LogP contribution in [0.3, 0.4) is 0 Å². The molecule has 1 rings (SSSR count). The van der Waals surface area contributed by atoms with Gasteiger partial charge in [-0.3, -0.25) is 4.79 Å². The maximum absolute atomic E-state index is 11.2. The van der Waals surface area contributed by atoms with Gasteiger partial charge in [0.2, 0.25) is 5.91 Å². The Bertz CT molecular complexity index is 202. The number of carboxylic acids is 1. The van der Waals surface area contributed by atoms with Crippen molar-refractivity contribution in [2.24, 2.45) is 0 Å². The number of carbonyl (C=O) groups excluding carboxylic acids is 2. The third-order valence-electron chi connectivity index (χ3n) is 2.15. The van der Waals surface area contributed by atoms with E-state index >= 15 is 0 Å². The van der Waals surface area contributed by atoms with E-state index in [-0.39, 0.29) is 5.91 Å². The van der Waals surface area contributed by atoms with Crippen molar-refractivity contribution in [3.63, 3.8) is 0 Å². The molecule has 0 aromatic rings. The first kappa shape index (κ1) is 9.03. The molecule has 1 aliphatic rings. The zero-order valence-corrected chi connectivity index (χ0v) is 7.08. The number of carboxylic acid groups (broad SMARTS) is 1. The molecule has 0 aliphatic carbocycles. The molecule has 0 N–H and O–H groups in total. The van der Waals surface area contributed by atoms with Crippen LogP contribution in [0.15, 0.2) is 0 Å². The summed E-state index contributed by atoms with van der Waals surface area (Å²) in [5, 5.41) is 10.5. The lowest BCUT2D eigenvalue weighted by Gasteiger charge is -2.24. The first-order valence-corrected chi connectivity index (χ1v) is 4.17. The van der Waals surface area contributed by atoms with Crippen LogP contribution in [0.2, 0.25) is 0 Å². The van der Waals surface area contributed by atoms with E-state index in [2.05, 4.69) is 0 Å². The standard InChI is InChI=1S/C8H13NO3/c1-2-7(10)9-5-3-4-6(9)8(11)12/h6H,2-5H2,1H3,(H,11,12)/p-1/t6-/m0/s1.